The summed E-state index contributed by atoms with van der Waals surface area (Å²) in [6.07, 6.45) is 7.89. The fourth-order valence-corrected chi connectivity index (χ4v) is 2.17. The molecule has 0 aliphatic heterocycles. The van der Waals surface area contributed by atoms with Crippen LogP contribution in [-0.2, 0) is 11.3 Å². The lowest BCUT2D eigenvalue weighted by molar-refractivity contribution is -0.121. The van der Waals surface area contributed by atoms with Gasteiger partial charge < -0.3 is 15.6 Å². The molecule has 0 saturated carbocycles. The monoisotopic (exact) mass is 266 g/mol. The van der Waals surface area contributed by atoms with Crippen LogP contribution in [0, 0.1) is 11.8 Å². The normalized spacial score (nSPS) is 12.6. The smallest absolute Gasteiger partial charge is 0.220 e. The Morgan fingerprint density at radius 2 is 2.21 bits per heavy atom. The van der Waals surface area contributed by atoms with E-state index >= 15 is 0 Å². The SMILES string of the molecule is CC(C)C(CCN)CCC(=O)NCCn1ccnc1. The molecule has 108 valence electrons. The zero-order chi connectivity index (χ0) is 14.1. The zero-order valence-electron chi connectivity index (χ0n) is 12.0. The summed E-state index contributed by atoms with van der Waals surface area (Å²) < 4.78 is 1.95. The van der Waals surface area contributed by atoms with E-state index in [2.05, 4.69) is 24.1 Å². The van der Waals surface area contributed by atoms with Crippen LogP contribution in [0.3, 0.4) is 0 Å². The van der Waals surface area contributed by atoms with E-state index in [1.807, 2.05) is 10.8 Å². The number of nitrogens with two attached hydrogens (primary N) is 1. The van der Waals surface area contributed by atoms with Gasteiger partial charge in [0.05, 0.1) is 6.33 Å². The third-order valence-corrected chi connectivity index (χ3v) is 3.47. The Morgan fingerprint density at radius 1 is 1.42 bits per heavy atom. The maximum absolute atomic E-state index is 11.7. The molecule has 19 heavy (non-hydrogen) atoms. The fourth-order valence-electron chi connectivity index (χ4n) is 2.17. The Balaban J connectivity index is 2.16. The topological polar surface area (TPSA) is 72.9 Å². The second-order valence-electron chi connectivity index (χ2n) is 5.27. The highest BCUT2D eigenvalue weighted by Crippen LogP contribution is 2.20. The number of aromatic nitrogens is 2. The standard InChI is InChI=1S/C14H26N4O/c1-12(2)13(5-6-15)3-4-14(19)17-8-10-18-9-7-16-11-18/h7,9,11-13H,3-6,8,10,15H2,1-2H3,(H,17,19). The van der Waals surface area contributed by atoms with E-state index in [9.17, 15) is 4.79 Å². The summed E-state index contributed by atoms with van der Waals surface area (Å²) in [4.78, 5) is 15.7. The second kappa shape index (κ2) is 8.69. The number of rotatable bonds is 9. The molecule has 5 nitrogen and oxygen atoms in total. The molecule has 1 heterocycles. The summed E-state index contributed by atoms with van der Waals surface area (Å²) in [5.74, 6) is 1.26. The predicted octanol–water partition coefficient (Wildman–Crippen LogP) is 1.40. The van der Waals surface area contributed by atoms with Crippen LogP contribution in [-0.4, -0.2) is 28.5 Å². The Labute approximate surface area is 115 Å². The third-order valence-electron chi connectivity index (χ3n) is 3.47. The van der Waals surface area contributed by atoms with Crippen molar-refractivity contribution in [2.24, 2.45) is 17.6 Å². The van der Waals surface area contributed by atoms with Crippen LogP contribution in [0.4, 0.5) is 0 Å². The molecule has 3 N–H and O–H groups in total. The molecule has 0 fully saturated rings. The second-order valence-corrected chi connectivity index (χ2v) is 5.27. The van der Waals surface area contributed by atoms with E-state index in [0.29, 0.717) is 31.3 Å². The molecular formula is C14H26N4O. The van der Waals surface area contributed by atoms with Gasteiger partial charge in [-0.05, 0) is 31.2 Å². The lowest BCUT2D eigenvalue weighted by Crippen LogP contribution is -2.27. The minimum Gasteiger partial charge on any atom is -0.354 e. The van der Waals surface area contributed by atoms with Gasteiger partial charge in [0.1, 0.15) is 0 Å². The molecule has 1 atom stereocenters. The first kappa shape index (κ1) is 15.7. The first-order chi connectivity index (χ1) is 9.13. The van der Waals surface area contributed by atoms with E-state index in [1.54, 1.807) is 12.5 Å². The molecule has 1 rings (SSSR count). The Hall–Kier alpha value is -1.36. The van der Waals surface area contributed by atoms with Gasteiger partial charge in [-0.25, -0.2) is 4.98 Å². The highest BCUT2D eigenvalue weighted by molar-refractivity contribution is 5.75. The Morgan fingerprint density at radius 3 is 2.79 bits per heavy atom. The molecule has 1 amide bonds. The molecule has 0 bridgehead atoms. The summed E-state index contributed by atoms with van der Waals surface area (Å²) in [6.45, 7) is 6.50. The van der Waals surface area contributed by atoms with Crippen molar-refractivity contribution in [1.82, 2.24) is 14.9 Å². The van der Waals surface area contributed by atoms with Gasteiger partial charge >= 0.3 is 0 Å². The summed E-state index contributed by atoms with van der Waals surface area (Å²) in [5, 5.41) is 2.94. The number of amides is 1. The first-order valence-corrected chi connectivity index (χ1v) is 7.06. The number of carbonyl (C=O) groups is 1. The Kier molecular flexibility index (Phi) is 7.18. The van der Waals surface area contributed by atoms with Crippen LogP contribution >= 0.6 is 0 Å². The van der Waals surface area contributed by atoms with Gasteiger partial charge in [0.2, 0.25) is 5.91 Å². The van der Waals surface area contributed by atoms with Crippen LogP contribution < -0.4 is 11.1 Å². The first-order valence-electron chi connectivity index (χ1n) is 7.06. The molecule has 5 heteroatoms. The van der Waals surface area contributed by atoms with Gasteiger partial charge in [-0.2, -0.15) is 0 Å². The van der Waals surface area contributed by atoms with Crippen molar-refractivity contribution in [3.8, 4) is 0 Å². The van der Waals surface area contributed by atoms with Crippen molar-refractivity contribution >= 4 is 5.91 Å². The van der Waals surface area contributed by atoms with Crippen LogP contribution in [0.5, 0.6) is 0 Å². The van der Waals surface area contributed by atoms with Crippen molar-refractivity contribution in [1.29, 1.82) is 0 Å². The Bertz CT molecular complexity index is 348. The van der Waals surface area contributed by atoms with Gasteiger partial charge in [0.15, 0.2) is 0 Å². The van der Waals surface area contributed by atoms with Crippen molar-refractivity contribution in [3.05, 3.63) is 18.7 Å². The minimum absolute atomic E-state index is 0.128. The highest BCUT2D eigenvalue weighted by Gasteiger charge is 2.14. The number of hydrogen-bond donors (Lipinski definition) is 2. The van der Waals surface area contributed by atoms with Gasteiger partial charge in [-0.1, -0.05) is 13.8 Å². The quantitative estimate of drug-likeness (QED) is 0.709. The largest absolute Gasteiger partial charge is 0.354 e. The lowest BCUT2D eigenvalue weighted by Gasteiger charge is -2.19. The van der Waals surface area contributed by atoms with E-state index in [-0.39, 0.29) is 5.91 Å². The van der Waals surface area contributed by atoms with Gasteiger partial charge in [-0.3, -0.25) is 4.79 Å². The molecular weight excluding hydrogens is 240 g/mol. The molecule has 1 aromatic heterocycles. The van der Waals surface area contributed by atoms with Crippen LogP contribution in [0.15, 0.2) is 18.7 Å². The average molecular weight is 266 g/mol. The average Bonchev–Trinajstić information content (AvgIpc) is 2.87. The fraction of sp³-hybridized carbons (Fsp3) is 0.714. The molecule has 0 aliphatic rings. The number of imidazole rings is 1. The molecule has 0 radical (unpaired) electrons. The summed E-state index contributed by atoms with van der Waals surface area (Å²) >= 11 is 0. The maximum atomic E-state index is 11.7. The summed E-state index contributed by atoms with van der Waals surface area (Å²) in [6, 6.07) is 0. The molecule has 0 spiro atoms. The number of nitrogens with zero attached hydrogens (tertiary/aromatic N) is 2. The van der Waals surface area contributed by atoms with Gasteiger partial charge in [0.25, 0.3) is 0 Å². The number of nitrogens with one attached hydrogen (secondary N) is 1. The maximum Gasteiger partial charge on any atom is 0.220 e. The van der Waals surface area contributed by atoms with E-state index in [1.165, 1.54) is 0 Å². The third kappa shape index (κ3) is 6.38. The van der Waals surface area contributed by atoms with Crippen LogP contribution in [0.1, 0.15) is 33.1 Å². The molecule has 1 aromatic rings. The predicted molar refractivity (Wildman–Crippen MR) is 76.5 cm³/mol. The van der Waals surface area contributed by atoms with Crippen molar-refractivity contribution in [2.75, 3.05) is 13.1 Å². The van der Waals surface area contributed by atoms with Gasteiger partial charge in [0, 0.05) is 31.9 Å². The van der Waals surface area contributed by atoms with Crippen molar-refractivity contribution in [2.45, 2.75) is 39.7 Å². The highest BCUT2D eigenvalue weighted by atomic mass is 16.1. The van der Waals surface area contributed by atoms with Crippen LogP contribution in [0.2, 0.25) is 0 Å². The van der Waals surface area contributed by atoms with E-state index < -0.39 is 0 Å². The number of hydrogen-bond acceptors (Lipinski definition) is 3. The summed E-state index contributed by atoms with van der Waals surface area (Å²) in [5.41, 5.74) is 5.60. The van der Waals surface area contributed by atoms with Gasteiger partial charge in [-0.15, -0.1) is 0 Å². The molecule has 0 aliphatic carbocycles. The lowest BCUT2D eigenvalue weighted by atomic mass is 9.88. The number of carbonyl (C=O) groups excluding carboxylic acids is 1. The minimum atomic E-state index is 0.128. The zero-order valence-corrected chi connectivity index (χ0v) is 12.0. The van der Waals surface area contributed by atoms with Crippen molar-refractivity contribution < 1.29 is 4.79 Å². The van der Waals surface area contributed by atoms with E-state index in [4.69, 9.17) is 5.73 Å². The molecule has 0 saturated heterocycles. The van der Waals surface area contributed by atoms with E-state index in [0.717, 1.165) is 19.4 Å². The molecule has 1 unspecified atom stereocenters. The molecule has 0 aromatic carbocycles. The summed E-state index contributed by atoms with van der Waals surface area (Å²) in [7, 11) is 0. The van der Waals surface area contributed by atoms with Crippen molar-refractivity contribution in [3.63, 3.8) is 0 Å². The van der Waals surface area contributed by atoms with Crippen LogP contribution in [0.25, 0.3) is 0 Å².